The monoisotopic (exact) mass is 254 g/mol. The van der Waals surface area contributed by atoms with Gasteiger partial charge in [0.25, 0.3) is 0 Å². The Morgan fingerprint density at radius 3 is 2.20 bits per heavy atom. The van der Waals surface area contributed by atoms with Gasteiger partial charge in [-0.1, -0.05) is 0 Å². The van der Waals surface area contributed by atoms with Crippen LogP contribution < -0.4 is 5.73 Å². The molecule has 0 amide bonds. The fraction of sp³-hybridized carbons (Fsp3) is 0.250. The number of pyridine rings is 1. The van der Waals surface area contributed by atoms with Gasteiger partial charge in [0.15, 0.2) is 0 Å². The van der Waals surface area contributed by atoms with E-state index < -0.39 is 18.1 Å². The summed E-state index contributed by atoms with van der Waals surface area (Å²) in [4.78, 5) is 14.1. The summed E-state index contributed by atoms with van der Waals surface area (Å²) in [6.45, 7) is 0. The summed E-state index contributed by atoms with van der Waals surface area (Å²) in [5.74, 6) is -1.23. The number of nitrogens with zero attached hydrogens (tertiary/aromatic N) is 1. The number of aliphatic hydroxyl groups excluding tert-OH is 1. The summed E-state index contributed by atoms with van der Waals surface area (Å²) in [5, 5.41) is 17.9. The standard InChI is InChI=1S/C8H10N2O3.2ClH/c9-6(8(12)13)7(11)5-1-3-10-4-2-5;;/h1-4,6-7,11H,9H2,(H,12,13);2*1H. The van der Waals surface area contributed by atoms with Crippen LogP contribution in [0.3, 0.4) is 0 Å². The van der Waals surface area contributed by atoms with Gasteiger partial charge in [-0.05, 0) is 17.7 Å². The van der Waals surface area contributed by atoms with Crippen LogP contribution in [0.15, 0.2) is 24.5 Å². The van der Waals surface area contributed by atoms with Crippen molar-refractivity contribution in [1.29, 1.82) is 0 Å². The predicted molar refractivity (Wildman–Crippen MR) is 59.3 cm³/mol. The van der Waals surface area contributed by atoms with Gasteiger partial charge < -0.3 is 15.9 Å². The van der Waals surface area contributed by atoms with Crippen molar-refractivity contribution in [2.45, 2.75) is 12.1 Å². The van der Waals surface area contributed by atoms with Crippen LogP contribution in [0.1, 0.15) is 11.7 Å². The third kappa shape index (κ3) is 4.44. The first-order valence-corrected chi connectivity index (χ1v) is 3.69. The van der Waals surface area contributed by atoms with Crippen LogP contribution in [0.2, 0.25) is 0 Å². The Hall–Kier alpha value is -0.880. The first-order valence-electron chi connectivity index (χ1n) is 3.69. The molecule has 0 fully saturated rings. The average molecular weight is 255 g/mol. The summed E-state index contributed by atoms with van der Waals surface area (Å²) in [5.41, 5.74) is 5.67. The Morgan fingerprint density at radius 1 is 1.33 bits per heavy atom. The van der Waals surface area contributed by atoms with Gasteiger partial charge in [-0.25, -0.2) is 0 Å². The highest BCUT2D eigenvalue weighted by Crippen LogP contribution is 2.13. The number of rotatable bonds is 3. The molecular formula is C8H12Cl2N2O3. The maximum absolute atomic E-state index is 10.4. The van der Waals surface area contributed by atoms with Crippen LogP contribution in [0.25, 0.3) is 0 Å². The number of hydrogen-bond acceptors (Lipinski definition) is 4. The van der Waals surface area contributed by atoms with Crippen LogP contribution in [-0.4, -0.2) is 27.2 Å². The van der Waals surface area contributed by atoms with Gasteiger partial charge in [-0.3, -0.25) is 9.78 Å². The van der Waals surface area contributed by atoms with Crippen molar-refractivity contribution in [2.24, 2.45) is 5.73 Å². The van der Waals surface area contributed by atoms with E-state index in [0.29, 0.717) is 5.56 Å². The number of aromatic nitrogens is 1. The molecule has 7 heteroatoms. The van der Waals surface area contributed by atoms with Gasteiger partial charge in [-0.15, -0.1) is 24.8 Å². The molecule has 1 aromatic rings. The summed E-state index contributed by atoms with van der Waals surface area (Å²) >= 11 is 0. The van der Waals surface area contributed by atoms with E-state index in [1.54, 1.807) is 0 Å². The molecule has 1 aromatic heterocycles. The fourth-order valence-electron chi connectivity index (χ4n) is 0.903. The van der Waals surface area contributed by atoms with Crippen molar-refractivity contribution < 1.29 is 15.0 Å². The van der Waals surface area contributed by atoms with E-state index in [1.165, 1.54) is 24.5 Å². The first kappa shape index (κ1) is 16.5. The number of carbonyl (C=O) groups is 1. The predicted octanol–water partition coefficient (Wildman–Crippen LogP) is 0.371. The Morgan fingerprint density at radius 2 is 1.80 bits per heavy atom. The van der Waals surface area contributed by atoms with E-state index in [1.807, 2.05) is 0 Å². The molecule has 86 valence electrons. The van der Waals surface area contributed by atoms with E-state index >= 15 is 0 Å². The number of carboxylic acids is 1. The third-order valence-electron chi connectivity index (χ3n) is 1.67. The van der Waals surface area contributed by atoms with E-state index in [0.717, 1.165) is 0 Å². The van der Waals surface area contributed by atoms with Gasteiger partial charge in [0.05, 0.1) is 0 Å². The van der Waals surface area contributed by atoms with Crippen molar-refractivity contribution in [1.82, 2.24) is 4.98 Å². The molecular weight excluding hydrogens is 243 g/mol. The lowest BCUT2D eigenvalue weighted by molar-refractivity contribution is -0.141. The average Bonchev–Trinajstić information content (AvgIpc) is 2.17. The summed E-state index contributed by atoms with van der Waals surface area (Å²) in [6.07, 6.45) is 1.74. The Kier molecular flexibility index (Phi) is 8.18. The third-order valence-corrected chi connectivity index (χ3v) is 1.67. The highest BCUT2D eigenvalue weighted by atomic mass is 35.5. The summed E-state index contributed by atoms with van der Waals surface area (Å²) in [6, 6.07) is 1.74. The second-order valence-electron chi connectivity index (χ2n) is 2.59. The van der Waals surface area contributed by atoms with Gasteiger partial charge in [0.2, 0.25) is 0 Å². The van der Waals surface area contributed by atoms with Crippen molar-refractivity contribution in [3.63, 3.8) is 0 Å². The number of halogens is 2. The quantitative estimate of drug-likeness (QED) is 0.725. The number of hydrogen-bond donors (Lipinski definition) is 3. The molecule has 0 bridgehead atoms. The molecule has 2 atom stereocenters. The molecule has 0 saturated heterocycles. The van der Waals surface area contributed by atoms with E-state index in [9.17, 15) is 9.90 Å². The van der Waals surface area contributed by atoms with Gasteiger partial charge in [0, 0.05) is 12.4 Å². The van der Waals surface area contributed by atoms with Crippen LogP contribution in [0.4, 0.5) is 0 Å². The molecule has 15 heavy (non-hydrogen) atoms. The second kappa shape index (κ2) is 7.42. The Bertz CT molecular complexity index is 297. The maximum Gasteiger partial charge on any atom is 0.323 e. The molecule has 4 N–H and O–H groups in total. The number of carboxylic acid groups (broad SMARTS) is 1. The van der Waals surface area contributed by atoms with Crippen molar-refractivity contribution in [3.05, 3.63) is 30.1 Å². The summed E-state index contributed by atoms with van der Waals surface area (Å²) in [7, 11) is 0. The van der Waals surface area contributed by atoms with E-state index in [4.69, 9.17) is 10.8 Å². The SMILES string of the molecule is Cl.Cl.NC(C(=O)O)C(O)c1ccncc1. The molecule has 1 heterocycles. The molecule has 0 aliphatic rings. The second-order valence-corrected chi connectivity index (χ2v) is 2.59. The van der Waals surface area contributed by atoms with E-state index in [-0.39, 0.29) is 24.8 Å². The molecule has 0 aliphatic heterocycles. The van der Waals surface area contributed by atoms with Crippen LogP contribution in [0, 0.1) is 0 Å². The molecule has 0 radical (unpaired) electrons. The fourth-order valence-corrected chi connectivity index (χ4v) is 0.903. The highest BCUT2D eigenvalue weighted by molar-refractivity contribution is 5.85. The number of nitrogens with two attached hydrogens (primary N) is 1. The molecule has 0 aliphatic carbocycles. The van der Waals surface area contributed by atoms with Gasteiger partial charge in [-0.2, -0.15) is 0 Å². The summed E-state index contributed by atoms with van der Waals surface area (Å²) < 4.78 is 0. The lowest BCUT2D eigenvalue weighted by Crippen LogP contribution is -2.36. The van der Waals surface area contributed by atoms with Crippen molar-refractivity contribution >= 4 is 30.8 Å². The Balaban J connectivity index is 0. The zero-order chi connectivity index (χ0) is 9.84. The van der Waals surface area contributed by atoms with Crippen molar-refractivity contribution in [3.8, 4) is 0 Å². The highest BCUT2D eigenvalue weighted by Gasteiger charge is 2.22. The molecule has 0 aromatic carbocycles. The number of aliphatic carboxylic acids is 1. The minimum Gasteiger partial charge on any atom is -0.480 e. The first-order chi connectivity index (χ1) is 6.13. The minimum absolute atomic E-state index is 0. The smallest absolute Gasteiger partial charge is 0.323 e. The topological polar surface area (TPSA) is 96.4 Å². The number of aliphatic hydroxyl groups is 1. The molecule has 0 saturated carbocycles. The lowest BCUT2D eigenvalue weighted by atomic mass is 10.0. The lowest BCUT2D eigenvalue weighted by Gasteiger charge is -2.14. The van der Waals surface area contributed by atoms with Gasteiger partial charge in [0.1, 0.15) is 12.1 Å². The van der Waals surface area contributed by atoms with Crippen molar-refractivity contribution in [2.75, 3.05) is 0 Å². The molecule has 0 spiro atoms. The van der Waals surface area contributed by atoms with Gasteiger partial charge >= 0.3 is 5.97 Å². The zero-order valence-corrected chi connectivity index (χ0v) is 9.24. The molecule has 1 rings (SSSR count). The van der Waals surface area contributed by atoms with Crippen LogP contribution in [-0.2, 0) is 4.79 Å². The van der Waals surface area contributed by atoms with Crippen LogP contribution >= 0.6 is 24.8 Å². The van der Waals surface area contributed by atoms with Crippen LogP contribution in [0.5, 0.6) is 0 Å². The maximum atomic E-state index is 10.4. The van der Waals surface area contributed by atoms with E-state index in [2.05, 4.69) is 4.98 Å². The molecule has 2 unspecified atom stereocenters. The largest absolute Gasteiger partial charge is 0.480 e. The molecule has 5 nitrogen and oxygen atoms in total. The minimum atomic E-state index is -1.30. The zero-order valence-electron chi connectivity index (χ0n) is 7.61. The Labute approximate surface area is 99.1 Å². The normalized spacial score (nSPS) is 12.9.